The first-order chi connectivity index (χ1) is 15.0. The van der Waals surface area contributed by atoms with Gasteiger partial charge in [-0.2, -0.15) is 0 Å². The topological polar surface area (TPSA) is 106 Å². The molecule has 0 radical (unpaired) electrons. The fourth-order valence-electron chi connectivity index (χ4n) is 3.94. The number of carboxylic acids is 1. The van der Waals surface area contributed by atoms with Crippen molar-refractivity contribution in [3.05, 3.63) is 39.5 Å². The van der Waals surface area contributed by atoms with Crippen molar-refractivity contribution in [2.45, 2.75) is 26.3 Å². The van der Waals surface area contributed by atoms with E-state index in [1.807, 2.05) is 0 Å². The van der Waals surface area contributed by atoms with Crippen molar-refractivity contribution >= 4 is 45.3 Å². The summed E-state index contributed by atoms with van der Waals surface area (Å²) in [7, 11) is 0. The van der Waals surface area contributed by atoms with E-state index in [1.54, 1.807) is 31.2 Å². The van der Waals surface area contributed by atoms with Gasteiger partial charge in [-0.05, 0) is 49.9 Å². The number of halogens is 1. The largest absolute Gasteiger partial charge is 1.00 e. The molecule has 1 saturated heterocycles. The second kappa shape index (κ2) is 10.9. The third kappa shape index (κ3) is 5.05. The van der Waals surface area contributed by atoms with Crippen LogP contribution >= 0.6 is 11.6 Å². The standard InChI is InChI=1S/C22H24ClN3O5.Na/c1-2-31-21-16(23)5-3-14-19(21)26(12-18(27)28)22-15(20(14)29)4-6-17(25-22)24-11-13-7-9-30-10-8-13;/h3-6,13H,2,7-12H2,1H3,(H,24,25)(H,27,28);/q;+1/p-1. The molecule has 0 atom stereocenters. The van der Waals surface area contributed by atoms with Crippen LogP contribution in [0.1, 0.15) is 19.8 Å². The van der Waals surface area contributed by atoms with E-state index in [0.717, 1.165) is 32.6 Å². The Morgan fingerprint density at radius 3 is 2.69 bits per heavy atom. The van der Waals surface area contributed by atoms with Crippen LogP contribution in [0.4, 0.5) is 5.82 Å². The molecule has 0 bridgehead atoms. The van der Waals surface area contributed by atoms with E-state index < -0.39 is 12.5 Å². The van der Waals surface area contributed by atoms with Crippen molar-refractivity contribution in [2.75, 3.05) is 31.7 Å². The van der Waals surface area contributed by atoms with Crippen molar-refractivity contribution < 1.29 is 48.9 Å². The molecular formula is C22H23ClN3NaO5. The van der Waals surface area contributed by atoms with E-state index in [-0.39, 0.29) is 51.4 Å². The average molecular weight is 468 g/mol. The van der Waals surface area contributed by atoms with Gasteiger partial charge in [-0.15, -0.1) is 0 Å². The summed E-state index contributed by atoms with van der Waals surface area (Å²) in [5.74, 6) is -0.0261. The van der Waals surface area contributed by atoms with Gasteiger partial charge in [0.15, 0.2) is 11.2 Å². The normalized spacial score (nSPS) is 14.3. The summed E-state index contributed by atoms with van der Waals surface area (Å²) in [4.78, 5) is 29.3. The van der Waals surface area contributed by atoms with Gasteiger partial charge in [0, 0.05) is 19.8 Å². The molecular weight excluding hydrogens is 445 g/mol. The van der Waals surface area contributed by atoms with Gasteiger partial charge < -0.3 is 29.3 Å². The van der Waals surface area contributed by atoms with Gasteiger partial charge in [0.2, 0.25) is 0 Å². The summed E-state index contributed by atoms with van der Waals surface area (Å²) in [6.07, 6.45) is 1.94. The predicted molar refractivity (Wildman–Crippen MR) is 117 cm³/mol. The number of carboxylic acid groups (broad SMARTS) is 1. The number of carbonyl (C=O) groups is 1. The number of anilines is 1. The number of rotatable bonds is 7. The van der Waals surface area contributed by atoms with E-state index in [2.05, 4.69) is 10.3 Å². The van der Waals surface area contributed by atoms with Crippen LogP contribution in [0.25, 0.3) is 21.9 Å². The molecule has 0 spiro atoms. The van der Waals surface area contributed by atoms with E-state index in [1.165, 1.54) is 4.57 Å². The van der Waals surface area contributed by atoms with Crippen LogP contribution in [-0.4, -0.2) is 41.9 Å². The molecule has 0 unspecified atom stereocenters. The Kier molecular flexibility index (Phi) is 8.41. The Hall–Kier alpha value is -1.84. The molecule has 3 aromatic rings. The van der Waals surface area contributed by atoms with Crippen LogP contribution in [0.2, 0.25) is 5.02 Å². The van der Waals surface area contributed by atoms with E-state index in [0.29, 0.717) is 34.6 Å². The Bertz CT molecular complexity index is 1190. The van der Waals surface area contributed by atoms with Gasteiger partial charge in [-0.1, -0.05) is 11.6 Å². The number of aromatic nitrogens is 2. The molecule has 1 fully saturated rings. The molecule has 164 valence electrons. The number of ether oxygens (including phenoxy) is 2. The molecule has 1 aliphatic heterocycles. The van der Waals surface area contributed by atoms with Crippen LogP contribution in [0, 0.1) is 5.92 Å². The summed E-state index contributed by atoms with van der Waals surface area (Å²) in [5, 5.41) is 15.8. The second-order valence-corrected chi connectivity index (χ2v) is 7.90. The van der Waals surface area contributed by atoms with Gasteiger partial charge >= 0.3 is 29.6 Å². The molecule has 32 heavy (non-hydrogen) atoms. The molecule has 3 heterocycles. The van der Waals surface area contributed by atoms with E-state index in [4.69, 9.17) is 21.1 Å². The summed E-state index contributed by atoms with van der Waals surface area (Å²) in [5.41, 5.74) is 0.271. The Labute approximate surface area is 212 Å². The third-order valence-corrected chi connectivity index (χ3v) is 5.76. The molecule has 1 N–H and O–H groups in total. The van der Waals surface area contributed by atoms with Crippen molar-refractivity contribution in [3.63, 3.8) is 0 Å². The maximum atomic E-state index is 13.2. The Morgan fingerprint density at radius 1 is 1.28 bits per heavy atom. The Balaban J connectivity index is 0.00000289. The SMILES string of the molecule is CCOc1c(Cl)ccc2c(=O)c3ccc(NCC4CCOCC4)nc3n(CC(=O)[O-])c12.[Na+]. The molecule has 1 aromatic carbocycles. The molecule has 4 rings (SSSR count). The third-order valence-electron chi connectivity index (χ3n) is 5.46. The Morgan fingerprint density at radius 2 is 2.00 bits per heavy atom. The van der Waals surface area contributed by atoms with Crippen molar-refractivity contribution in [1.29, 1.82) is 0 Å². The summed E-state index contributed by atoms with van der Waals surface area (Å²) in [6.45, 7) is 3.80. The first-order valence-corrected chi connectivity index (χ1v) is 10.7. The maximum absolute atomic E-state index is 13.2. The van der Waals surface area contributed by atoms with E-state index in [9.17, 15) is 14.7 Å². The predicted octanol–water partition coefficient (Wildman–Crippen LogP) is -0.806. The average Bonchev–Trinajstić information content (AvgIpc) is 2.77. The van der Waals surface area contributed by atoms with Crippen LogP contribution in [0.3, 0.4) is 0 Å². The molecule has 8 nitrogen and oxygen atoms in total. The van der Waals surface area contributed by atoms with Gasteiger partial charge in [-0.25, -0.2) is 4.98 Å². The number of fused-ring (bicyclic) bond motifs is 2. The van der Waals surface area contributed by atoms with Gasteiger partial charge in [0.25, 0.3) is 0 Å². The number of pyridine rings is 2. The number of aliphatic carboxylic acids is 1. The first-order valence-electron chi connectivity index (χ1n) is 10.3. The zero-order valence-corrected chi connectivity index (χ0v) is 20.9. The number of benzene rings is 1. The van der Waals surface area contributed by atoms with E-state index >= 15 is 0 Å². The minimum atomic E-state index is -1.31. The van der Waals surface area contributed by atoms with Crippen molar-refractivity contribution in [3.8, 4) is 5.75 Å². The summed E-state index contributed by atoms with van der Waals surface area (Å²) >= 11 is 6.31. The molecule has 0 amide bonds. The van der Waals surface area contributed by atoms with Crippen molar-refractivity contribution in [1.82, 2.24) is 9.55 Å². The van der Waals surface area contributed by atoms with Gasteiger partial charge in [0.05, 0.1) is 40.4 Å². The van der Waals surface area contributed by atoms with Crippen LogP contribution in [-0.2, 0) is 16.1 Å². The number of nitrogens with zero attached hydrogens (tertiary/aromatic N) is 2. The number of hydrogen-bond acceptors (Lipinski definition) is 7. The molecule has 0 saturated carbocycles. The molecule has 10 heteroatoms. The van der Waals surface area contributed by atoms with Crippen molar-refractivity contribution in [2.24, 2.45) is 5.92 Å². The number of carbonyl (C=O) groups excluding carboxylic acids is 1. The molecule has 1 aliphatic rings. The smallest absolute Gasteiger partial charge is 0.548 e. The fraction of sp³-hybridized carbons (Fsp3) is 0.409. The molecule has 2 aromatic heterocycles. The molecule has 0 aliphatic carbocycles. The zero-order valence-electron chi connectivity index (χ0n) is 18.2. The quantitative estimate of drug-likeness (QED) is 0.358. The summed E-state index contributed by atoms with van der Waals surface area (Å²) < 4.78 is 12.5. The van der Waals surface area contributed by atoms with Gasteiger partial charge in [-0.3, -0.25) is 4.79 Å². The second-order valence-electron chi connectivity index (χ2n) is 7.50. The minimum Gasteiger partial charge on any atom is -0.548 e. The zero-order chi connectivity index (χ0) is 22.0. The minimum absolute atomic E-state index is 0. The summed E-state index contributed by atoms with van der Waals surface area (Å²) in [6, 6.07) is 6.54. The van der Waals surface area contributed by atoms with Crippen LogP contribution < -0.4 is 50.1 Å². The van der Waals surface area contributed by atoms with Crippen LogP contribution in [0.5, 0.6) is 5.75 Å². The monoisotopic (exact) mass is 467 g/mol. The van der Waals surface area contributed by atoms with Crippen LogP contribution in [0.15, 0.2) is 29.1 Å². The van der Waals surface area contributed by atoms with Gasteiger partial charge in [0.1, 0.15) is 11.5 Å². The fourth-order valence-corrected chi connectivity index (χ4v) is 4.15. The number of nitrogens with one attached hydrogen (secondary N) is 1. The number of hydrogen-bond donors (Lipinski definition) is 1. The maximum Gasteiger partial charge on any atom is 1.00 e. The first kappa shape index (κ1) is 24.8.